The number of halogens is 4. The average molecular weight is 355 g/mol. The predicted octanol–water partition coefficient (Wildman–Crippen LogP) is 3.76. The molecule has 2 aromatic carbocycles. The molecule has 0 aliphatic heterocycles. The molecule has 134 valence electrons. The molecule has 0 fully saturated rings. The third-order valence-corrected chi connectivity index (χ3v) is 3.33. The maximum atomic E-state index is 12.8. The number of rotatable bonds is 7. The van der Waals surface area contributed by atoms with E-state index in [4.69, 9.17) is 0 Å². The SMILES string of the molecule is O=C(Cc1ccc(F)cc1)NCc1ccc(COCC(F)(F)F)cc1. The Bertz CT molecular complexity index is 682. The quantitative estimate of drug-likeness (QED) is 0.768. The van der Waals surface area contributed by atoms with Gasteiger partial charge in [0.2, 0.25) is 5.91 Å². The lowest BCUT2D eigenvalue weighted by Gasteiger charge is -2.09. The van der Waals surface area contributed by atoms with Crippen LogP contribution in [0.2, 0.25) is 0 Å². The lowest BCUT2D eigenvalue weighted by atomic mass is 10.1. The van der Waals surface area contributed by atoms with Crippen molar-refractivity contribution in [3.05, 3.63) is 71.0 Å². The van der Waals surface area contributed by atoms with Crippen LogP contribution in [0.1, 0.15) is 16.7 Å². The van der Waals surface area contributed by atoms with Crippen LogP contribution in [0, 0.1) is 5.82 Å². The van der Waals surface area contributed by atoms with E-state index < -0.39 is 12.8 Å². The van der Waals surface area contributed by atoms with Gasteiger partial charge in [0, 0.05) is 6.54 Å². The second-order valence-electron chi connectivity index (χ2n) is 5.50. The summed E-state index contributed by atoms with van der Waals surface area (Å²) in [5.41, 5.74) is 2.13. The van der Waals surface area contributed by atoms with Gasteiger partial charge in [-0.1, -0.05) is 36.4 Å². The molecule has 0 aromatic heterocycles. The van der Waals surface area contributed by atoms with Gasteiger partial charge in [-0.05, 0) is 28.8 Å². The Kier molecular flexibility index (Phi) is 6.52. The molecule has 0 saturated heterocycles. The molecule has 0 aliphatic carbocycles. The van der Waals surface area contributed by atoms with Gasteiger partial charge >= 0.3 is 6.18 Å². The molecule has 0 saturated carbocycles. The van der Waals surface area contributed by atoms with Crippen LogP contribution in [0.5, 0.6) is 0 Å². The molecule has 0 spiro atoms. The van der Waals surface area contributed by atoms with E-state index in [1.165, 1.54) is 12.1 Å². The molecule has 0 heterocycles. The average Bonchev–Trinajstić information content (AvgIpc) is 2.55. The minimum atomic E-state index is -4.34. The molecule has 2 rings (SSSR count). The largest absolute Gasteiger partial charge is 0.411 e. The highest BCUT2D eigenvalue weighted by molar-refractivity contribution is 5.78. The van der Waals surface area contributed by atoms with Crippen molar-refractivity contribution in [3.8, 4) is 0 Å². The Hall–Kier alpha value is -2.41. The molecule has 0 radical (unpaired) electrons. The summed E-state index contributed by atoms with van der Waals surface area (Å²) in [5, 5.41) is 2.73. The maximum absolute atomic E-state index is 12.8. The van der Waals surface area contributed by atoms with Crippen molar-refractivity contribution < 1.29 is 27.1 Å². The number of amides is 1. The van der Waals surface area contributed by atoms with Crippen molar-refractivity contribution in [2.24, 2.45) is 0 Å². The zero-order chi connectivity index (χ0) is 18.3. The van der Waals surface area contributed by atoms with Crippen molar-refractivity contribution in [3.63, 3.8) is 0 Å². The normalized spacial score (nSPS) is 11.4. The van der Waals surface area contributed by atoms with E-state index in [9.17, 15) is 22.4 Å². The monoisotopic (exact) mass is 355 g/mol. The van der Waals surface area contributed by atoms with Crippen LogP contribution in [-0.2, 0) is 29.1 Å². The molecule has 2 aromatic rings. The van der Waals surface area contributed by atoms with Crippen molar-refractivity contribution in [1.82, 2.24) is 5.32 Å². The number of carbonyl (C=O) groups excluding carboxylic acids is 1. The third kappa shape index (κ3) is 7.34. The van der Waals surface area contributed by atoms with Crippen LogP contribution in [0.15, 0.2) is 48.5 Å². The molecule has 1 N–H and O–H groups in total. The van der Waals surface area contributed by atoms with Crippen molar-refractivity contribution >= 4 is 5.91 Å². The number of carbonyl (C=O) groups is 1. The highest BCUT2D eigenvalue weighted by Crippen LogP contribution is 2.15. The third-order valence-electron chi connectivity index (χ3n) is 3.33. The topological polar surface area (TPSA) is 38.3 Å². The van der Waals surface area contributed by atoms with Gasteiger partial charge in [0.25, 0.3) is 0 Å². The molecule has 3 nitrogen and oxygen atoms in total. The Morgan fingerprint density at radius 1 is 0.920 bits per heavy atom. The van der Waals surface area contributed by atoms with E-state index in [1.807, 2.05) is 0 Å². The Morgan fingerprint density at radius 2 is 1.48 bits per heavy atom. The molecule has 1 amide bonds. The lowest BCUT2D eigenvalue weighted by Crippen LogP contribution is -2.24. The van der Waals surface area contributed by atoms with Crippen LogP contribution in [0.3, 0.4) is 0 Å². The summed E-state index contributed by atoms with van der Waals surface area (Å²) in [5.74, 6) is -0.562. The lowest BCUT2D eigenvalue weighted by molar-refractivity contribution is -0.176. The van der Waals surface area contributed by atoms with Gasteiger partial charge in [-0.2, -0.15) is 13.2 Å². The molecule has 0 atom stereocenters. The summed E-state index contributed by atoms with van der Waals surface area (Å²) < 4.78 is 53.3. The van der Waals surface area contributed by atoms with Gasteiger partial charge in [0.05, 0.1) is 13.0 Å². The number of benzene rings is 2. The number of nitrogens with one attached hydrogen (secondary N) is 1. The fraction of sp³-hybridized carbons (Fsp3) is 0.278. The second-order valence-corrected chi connectivity index (χ2v) is 5.50. The Morgan fingerprint density at radius 3 is 2.08 bits per heavy atom. The Labute approximate surface area is 142 Å². The van der Waals surface area contributed by atoms with E-state index in [1.54, 1.807) is 36.4 Å². The van der Waals surface area contributed by atoms with Crippen LogP contribution >= 0.6 is 0 Å². The van der Waals surface area contributed by atoms with Crippen LogP contribution < -0.4 is 5.32 Å². The zero-order valence-electron chi connectivity index (χ0n) is 13.3. The standard InChI is InChI=1S/C18H17F4NO2/c19-16-7-5-13(6-8-16)9-17(24)23-10-14-1-3-15(4-2-14)11-25-12-18(20,21)22/h1-8H,9-12H2,(H,23,24). The van der Waals surface area contributed by atoms with E-state index >= 15 is 0 Å². The summed E-state index contributed by atoms with van der Waals surface area (Å²) in [7, 11) is 0. The van der Waals surface area contributed by atoms with E-state index in [0.717, 1.165) is 5.56 Å². The molecular formula is C18H17F4NO2. The predicted molar refractivity (Wildman–Crippen MR) is 84.1 cm³/mol. The van der Waals surface area contributed by atoms with Crippen molar-refractivity contribution in [1.29, 1.82) is 0 Å². The number of alkyl halides is 3. The van der Waals surface area contributed by atoms with E-state index in [-0.39, 0.29) is 24.8 Å². The molecule has 0 aliphatic rings. The number of hydrogen-bond acceptors (Lipinski definition) is 2. The molecule has 0 bridgehead atoms. The summed E-state index contributed by atoms with van der Waals surface area (Å²) in [4.78, 5) is 11.8. The number of hydrogen-bond donors (Lipinski definition) is 1. The van der Waals surface area contributed by atoms with Crippen LogP contribution in [-0.4, -0.2) is 18.7 Å². The van der Waals surface area contributed by atoms with Crippen LogP contribution in [0.25, 0.3) is 0 Å². The van der Waals surface area contributed by atoms with Gasteiger partial charge in [-0.3, -0.25) is 4.79 Å². The van der Waals surface area contributed by atoms with Crippen LogP contribution in [0.4, 0.5) is 17.6 Å². The van der Waals surface area contributed by atoms with Gasteiger partial charge in [-0.15, -0.1) is 0 Å². The minimum absolute atomic E-state index is 0.128. The Balaban J connectivity index is 1.75. The van der Waals surface area contributed by atoms with Gasteiger partial charge < -0.3 is 10.1 Å². The van der Waals surface area contributed by atoms with Gasteiger partial charge in [0.1, 0.15) is 12.4 Å². The summed E-state index contributed by atoms with van der Waals surface area (Å²) in [6, 6.07) is 12.4. The first-order valence-corrected chi connectivity index (χ1v) is 7.55. The first kappa shape index (κ1) is 18.9. The fourth-order valence-corrected chi connectivity index (χ4v) is 2.09. The smallest absolute Gasteiger partial charge is 0.367 e. The first-order valence-electron chi connectivity index (χ1n) is 7.55. The van der Waals surface area contributed by atoms with Crippen molar-refractivity contribution in [2.75, 3.05) is 6.61 Å². The molecule has 0 unspecified atom stereocenters. The summed E-state index contributed by atoms with van der Waals surface area (Å²) >= 11 is 0. The minimum Gasteiger partial charge on any atom is -0.367 e. The summed E-state index contributed by atoms with van der Waals surface area (Å²) in [6.07, 6.45) is -4.20. The zero-order valence-corrected chi connectivity index (χ0v) is 13.3. The number of ether oxygens (including phenoxy) is 1. The highest BCUT2D eigenvalue weighted by atomic mass is 19.4. The molecule has 7 heteroatoms. The van der Waals surface area contributed by atoms with Gasteiger partial charge in [0.15, 0.2) is 0 Å². The summed E-state index contributed by atoms with van der Waals surface area (Å²) in [6.45, 7) is -1.12. The second kappa shape index (κ2) is 8.62. The molecular weight excluding hydrogens is 338 g/mol. The fourth-order valence-electron chi connectivity index (χ4n) is 2.09. The van der Waals surface area contributed by atoms with Crippen molar-refractivity contribution in [2.45, 2.75) is 25.7 Å². The highest BCUT2D eigenvalue weighted by Gasteiger charge is 2.27. The first-order chi connectivity index (χ1) is 11.8. The molecule has 25 heavy (non-hydrogen) atoms. The van der Waals surface area contributed by atoms with E-state index in [2.05, 4.69) is 10.1 Å². The van der Waals surface area contributed by atoms with Gasteiger partial charge in [-0.25, -0.2) is 4.39 Å². The maximum Gasteiger partial charge on any atom is 0.411 e. The van der Waals surface area contributed by atoms with E-state index in [0.29, 0.717) is 17.7 Å².